The molecule has 8 aromatic rings. The van der Waals surface area contributed by atoms with E-state index in [2.05, 4.69) is 206 Å². The van der Waals surface area contributed by atoms with Gasteiger partial charge in [-0.1, -0.05) is 124 Å². The summed E-state index contributed by atoms with van der Waals surface area (Å²) in [7, 11) is 0. The lowest BCUT2D eigenvalue weighted by molar-refractivity contribution is 0.591. The van der Waals surface area contributed by atoms with Crippen molar-refractivity contribution in [3.8, 4) is 27.9 Å². The van der Waals surface area contributed by atoms with E-state index in [0.29, 0.717) is 0 Å². The zero-order valence-electron chi connectivity index (χ0n) is 27.6. The van der Waals surface area contributed by atoms with Crippen LogP contribution in [-0.2, 0) is 5.41 Å². The number of nitrogens with zero attached hydrogens (tertiary/aromatic N) is 2. The Morgan fingerprint density at radius 3 is 1.58 bits per heavy atom. The van der Waals surface area contributed by atoms with Gasteiger partial charge in [0.05, 0.1) is 11.0 Å². The van der Waals surface area contributed by atoms with Crippen molar-refractivity contribution in [2.45, 2.75) is 26.2 Å². The Labute approximate surface area is 283 Å². The Balaban J connectivity index is 1.26. The lowest BCUT2D eigenvalue weighted by atomic mass is 9.86. The molecule has 0 spiro atoms. The molecule has 0 radical (unpaired) electrons. The summed E-state index contributed by atoms with van der Waals surface area (Å²) >= 11 is 0. The fourth-order valence-electron chi connectivity index (χ4n) is 6.81. The minimum Gasteiger partial charge on any atom is -0.310 e. The van der Waals surface area contributed by atoms with E-state index in [1.54, 1.807) is 0 Å². The van der Waals surface area contributed by atoms with Crippen molar-refractivity contribution in [3.05, 3.63) is 181 Å². The zero-order chi connectivity index (χ0) is 32.7. The molecule has 0 amide bonds. The molecule has 0 N–H and O–H groups in total. The Morgan fingerprint density at radius 1 is 0.396 bits per heavy atom. The van der Waals surface area contributed by atoms with Crippen LogP contribution in [0.15, 0.2) is 176 Å². The SMILES string of the molecule is CC(C)(C)c1ccc2c(c1)c1cc(-c3cccc(N(c4ccccc4)c4ccc(-c5ccccc5)cc4)c3)ccc1n2-c1ccccc1. The van der Waals surface area contributed by atoms with E-state index in [9.17, 15) is 0 Å². The maximum absolute atomic E-state index is 2.40. The van der Waals surface area contributed by atoms with Crippen molar-refractivity contribution in [1.29, 1.82) is 0 Å². The van der Waals surface area contributed by atoms with Crippen molar-refractivity contribution >= 4 is 38.9 Å². The average Bonchev–Trinajstić information content (AvgIpc) is 3.46. The normalized spacial score (nSPS) is 11.6. The van der Waals surface area contributed by atoms with Gasteiger partial charge >= 0.3 is 0 Å². The number of fused-ring (bicyclic) bond motifs is 3. The minimum absolute atomic E-state index is 0.0570. The molecule has 0 saturated carbocycles. The molecule has 0 saturated heterocycles. The first-order chi connectivity index (χ1) is 23.4. The fraction of sp³-hybridized carbons (Fsp3) is 0.0870. The molecule has 0 bridgehead atoms. The molecule has 232 valence electrons. The predicted octanol–water partition coefficient (Wildman–Crippen LogP) is 12.9. The van der Waals surface area contributed by atoms with Crippen LogP contribution >= 0.6 is 0 Å². The standard InChI is InChI=1S/C46H38N2/c1-46(2,3)37-25-29-45-43(32-37)42-31-36(24-28-44(42)48(45)39-19-11-6-12-20-39)35-16-13-21-41(30-35)47(38-17-9-5-10-18-38)40-26-22-34(23-27-40)33-14-7-4-8-15-33/h4-32H,1-3H3. The van der Waals surface area contributed by atoms with E-state index >= 15 is 0 Å². The minimum atomic E-state index is 0.0570. The second-order valence-corrected chi connectivity index (χ2v) is 13.5. The van der Waals surface area contributed by atoms with Gasteiger partial charge in [0.15, 0.2) is 0 Å². The Hall–Kier alpha value is -5.86. The van der Waals surface area contributed by atoms with Crippen LogP contribution < -0.4 is 4.90 Å². The van der Waals surface area contributed by atoms with Crippen LogP contribution in [0.1, 0.15) is 26.3 Å². The Morgan fingerprint density at radius 2 is 0.896 bits per heavy atom. The molecule has 1 aromatic heterocycles. The summed E-state index contributed by atoms with van der Waals surface area (Å²) < 4.78 is 2.40. The van der Waals surface area contributed by atoms with E-state index < -0.39 is 0 Å². The molecule has 2 nitrogen and oxygen atoms in total. The molecule has 8 rings (SSSR count). The van der Waals surface area contributed by atoms with Gasteiger partial charge in [0, 0.05) is 33.5 Å². The van der Waals surface area contributed by atoms with Gasteiger partial charge in [-0.25, -0.2) is 0 Å². The quantitative estimate of drug-likeness (QED) is 0.180. The van der Waals surface area contributed by atoms with Crippen LogP contribution in [0.5, 0.6) is 0 Å². The number of rotatable bonds is 6. The van der Waals surface area contributed by atoms with E-state index in [1.165, 1.54) is 55.3 Å². The summed E-state index contributed by atoms with van der Waals surface area (Å²) in [6, 6.07) is 63.6. The van der Waals surface area contributed by atoms with Crippen molar-refractivity contribution in [2.24, 2.45) is 0 Å². The van der Waals surface area contributed by atoms with E-state index in [1.807, 2.05) is 0 Å². The van der Waals surface area contributed by atoms with Crippen molar-refractivity contribution in [3.63, 3.8) is 0 Å². The highest BCUT2D eigenvalue weighted by Gasteiger charge is 2.19. The summed E-state index contributed by atoms with van der Waals surface area (Å²) in [5.41, 5.74) is 13.2. The molecule has 0 fully saturated rings. The van der Waals surface area contributed by atoms with Gasteiger partial charge in [-0.2, -0.15) is 0 Å². The van der Waals surface area contributed by atoms with Crippen molar-refractivity contribution in [2.75, 3.05) is 4.90 Å². The highest BCUT2D eigenvalue weighted by Crippen LogP contribution is 2.40. The van der Waals surface area contributed by atoms with Gasteiger partial charge in [-0.15, -0.1) is 0 Å². The monoisotopic (exact) mass is 618 g/mol. The van der Waals surface area contributed by atoms with Gasteiger partial charge in [-0.3, -0.25) is 0 Å². The number of benzene rings is 7. The van der Waals surface area contributed by atoms with Crippen LogP contribution in [0.4, 0.5) is 17.1 Å². The first-order valence-electron chi connectivity index (χ1n) is 16.7. The van der Waals surface area contributed by atoms with E-state index in [-0.39, 0.29) is 5.41 Å². The van der Waals surface area contributed by atoms with E-state index in [4.69, 9.17) is 0 Å². The molecule has 0 aliphatic rings. The molecule has 0 aliphatic carbocycles. The molecule has 1 heterocycles. The van der Waals surface area contributed by atoms with Gasteiger partial charge in [-0.05, 0) is 106 Å². The van der Waals surface area contributed by atoms with Crippen molar-refractivity contribution in [1.82, 2.24) is 4.57 Å². The second kappa shape index (κ2) is 12.1. The highest BCUT2D eigenvalue weighted by atomic mass is 15.1. The van der Waals surface area contributed by atoms with Crippen LogP contribution in [0.3, 0.4) is 0 Å². The zero-order valence-corrected chi connectivity index (χ0v) is 27.6. The maximum atomic E-state index is 2.40. The molecule has 48 heavy (non-hydrogen) atoms. The highest BCUT2D eigenvalue weighted by molar-refractivity contribution is 6.10. The summed E-state index contributed by atoms with van der Waals surface area (Å²) in [5.74, 6) is 0. The molecular weight excluding hydrogens is 581 g/mol. The van der Waals surface area contributed by atoms with Crippen molar-refractivity contribution < 1.29 is 0 Å². The smallest absolute Gasteiger partial charge is 0.0541 e. The molecule has 0 aliphatic heterocycles. The maximum Gasteiger partial charge on any atom is 0.0541 e. The van der Waals surface area contributed by atoms with Gasteiger partial charge in [0.25, 0.3) is 0 Å². The lowest BCUT2D eigenvalue weighted by Crippen LogP contribution is -2.10. The van der Waals surface area contributed by atoms with Crippen LogP contribution in [-0.4, -0.2) is 4.57 Å². The Kier molecular flexibility index (Phi) is 7.42. The summed E-state index contributed by atoms with van der Waals surface area (Å²) in [6.07, 6.45) is 0. The molecule has 0 unspecified atom stereocenters. The molecule has 7 aromatic carbocycles. The Bertz CT molecular complexity index is 2340. The number of hydrogen-bond donors (Lipinski definition) is 0. The number of anilines is 3. The average molecular weight is 619 g/mol. The third-order valence-corrected chi connectivity index (χ3v) is 9.33. The number of hydrogen-bond acceptors (Lipinski definition) is 1. The van der Waals surface area contributed by atoms with Crippen LogP contribution in [0.25, 0.3) is 49.7 Å². The molecule has 2 heteroatoms. The third-order valence-electron chi connectivity index (χ3n) is 9.33. The number of aromatic nitrogens is 1. The largest absolute Gasteiger partial charge is 0.310 e. The second-order valence-electron chi connectivity index (χ2n) is 13.5. The molecular formula is C46H38N2. The van der Waals surface area contributed by atoms with Crippen LogP contribution in [0.2, 0.25) is 0 Å². The summed E-state index contributed by atoms with van der Waals surface area (Å²) in [4.78, 5) is 2.34. The number of para-hydroxylation sites is 2. The van der Waals surface area contributed by atoms with Gasteiger partial charge in [0.2, 0.25) is 0 Å². The summed E-state index contributed by atoms with van der Waals surface area (Å²) in [5, 5.41) is 2.54. The first-order valence-corrected chi connectivity index (χ1v) is 16.7. The topological polar surface area (TPSA) is 8.17 Å². The first kappa shape index (κ1) is 29.5. The molecule has 0 atom stereocenters. The summed E-state index contributed by atoms with van der Waals surface area (Å²) in [6.45, 7) is 6.86. The predicted molar refractivity (Wildman–Crippen MR) is 205 cm³/mol. The third kappa shape index (κ3) is 5.46. The van der Waals surface area contributed by atoms with Crippen LogP contribution in [0, 0.1) is 0 Å². The fourth-order valence-corrected chi connectivity index (χ4v) is 6.81. The van der Waals surface area contributed by atoms with Gasteiger partial charge < -0.3 is 9.47 Å². The van der Waals surface area contributed by atoms with Gasteiger partial charge in [0.1, 0.15) is 0 Å². The van der Waals surface area contributed by atoms with E-state index in [0.717, 1.165) is 17.1 Å². The lowest BCUT2D eigenvalue weighted by Gasteiger charge is -2.26.